The maximum atomic E-state index is 11.9. The molecule has 0 atom stereocenters. The first-order chi connectivity index (χ1) is 8.29. The molecule has 1 aromatic rings. The minimum atomic E-state index is 0.0385. The van der Waals surface area contributed by atoms with Crippen molar-refractivity contribution >= 4 is 21.8 Å². The lowest BCUT2D eigenvalue weighted by Crippen LogP contribution is -2.25. The third-order valence-corrected chi connectivity index (χ3v) is 3.33. The van der Waals surface area contributed by atoms with Crippen LogP contribution < -0.4 is 5.32 Å². The van der Waals surface area contributed by atoms with Gasteiger partial charge in [0, 0.05) is 17.4 Å². The summed E-state index contributed by atoms with van der Waals surface area (Å²) < 4.78 is 0. The average molecular weight is 298 g/mol. The molecule has 1 amide bonds. The van der Waals surface area contributed by atoms with Gasteiger partial charge in [-0.05, 0) is 18.1 Å². The summed E-state index contributed by atoms with van der Waals surface area (Å²) in [6.45, 7) is 2.96. The Bertz CT molecular complexity index is 352. The average Bonchev–Trinajstić information content (AvgIpc) is 2.38. The molecule has 1 rings (SSSR count). The third kappa shape index (κ3) is 4.90. The Morgan fingerprint density at radius 1 is 1.24 bits per heavy atom. The predicted octanol–water partition coefficient (Wildman–Crippen LogP) is 3.89. The van der Waals surface area contributed by atoms with E-state index in [4.69, 9.17) is 0 Å². The highest BCUT2D eigenvalue weighted by atomic mass is 79.9. The van der Waals surface area contributed by atoms with Crippen molar-refractivity contribution in [3.8, 4) is 0 Å². The summed E-state index contributed by atoms with van der Waals surface area (Å²) in [4.78, 5) is 11.9. The molecule has 94 valence electrons. The van der Waals surface area contributed by atoms with Crippen LogP contribution in [-0.4, -0.2) is 12.5 Å². The first kappa shape index (κ1) is 14.2. The summed E-state index contributed by atoms with van der Waals surface area (Å²) >= 11 is 3.40. The molecule has 0 unspecified atom stereocenters. The number of rotatable bonds is 7. The molecular weight excluding hydrogens is 278 g/mol. The van der Waals surface area contributed by atoms with Gasteiger partial charge in [0.15, 0.2) is 0 Å². The summed E-state index contributed by atoms with van der Waals surface area (Å²) in [6.07, 6.45) is 4.72. The number of hydrogen-bond donors (Lipinski definition) is 1. The fourth-order valence-corrected chi connectivity index (χ4v) is 2.20. The maximum absolute atomic E-state index is 11.9. The first-order valence-corrected chi connectivity index (χ1v) is 7.33. The smallest absolute Gasteiger partial charge is 0.251 e. The van der Waals surface area contributed by atoms with Crippen LogP contribution in [0, 0.1) is 0 Å². The molecule has 0 saturated heterocycles. The van der Waals surface area contributed by atoms with Crippen LogP contribution in [0.25, 0.3) is 0 Å². The highest BCUT2D eigenvalue weighted by molar-refractivity contribution is 9.08. The second kappa shape index (κ2) is 8.29. The second-order valence-electron chi connectivity index (χ2n) is 4.11. The van der Waals surface area contributed by atoms with Crippen molar-refractivity contribution in [3.05, 3.63) is 35.4 Å². The van der Waals surface area contributed by atoms with Gasteiger partial charge in [0.05, 0.1) is 0 Å². The molecule has 0 radical (unpaired) electrons. The zero-order valence-electron chi connectivity index (χ0n) is 10.3. The summed E-state index contributed by atoms with van der Waals surface area (Å²) in [5.74, 6) is 0.0385. The lowest BCUT2D eigenvalue weighted by atomic mass is 10.1. The van der Waals surface area contributed by atoms with Crippen molar-refractivity contribution in [3.63, 3.8) is 0 Å². The van der Waals surface area contributed by atoms with E-state index in [0.29, 0.717) is 5.33 Å². The zero-order chi connectivity index (χ0) is 12.5. The Morgan fingerprint density at radius 3 is 2.71 bits per heavy atom. The Hall–Kier alpha value is -0.830. The van der Waals surface area contributed by atoms with Crippen LogP contribution in [0.15, 0.2) is 24.3 Å². The van der Waals surface area contributed by atoms with E-state index in [-0.39, 0.29) is 5.91 Å². The van der Waals surface area contributed by atoms with Gasteiger partial charge in [0.25, 0.3) is 5.91 Å². The minimum absolute atomic E-state index is 0.0385. The number of nitrogens with one attached hydrogen (secondary N) is 1. The number of halogens is 1. The number of unbranched alkanes of at least 4 members (excludes halogenated alkanes) is 3. The van der Waals surface area contributed by atoms with Crippen molar-refractivity contribution in [1.29, 1.82) is 0 Å². The molecule has 0 saturated carbocycles. The summed E-state index contributed by atoms with van der Waals surface area (Å²) in [5, 5.41) is 3.69. The van der Waals surface area contributed by atoms with E-state index in [1.54, 1.807) is 0 Å². The number of carbonyl (C=O) groups is 1. The van der Waals surface area contributed by atoms with Gasteiger partial charge >= 0.3 is 0 Å². The van der Waals surface area contributed by atoms with Gasteiger partial charge in [0.2, 0.25) is 0 Å². The van der Waals surface area contributed by atoms with E-state index in [2.05, 4.69) is 28.2 Å². The van der Waals surface area contributed by atoms with Crippen molar-refractivity contribution in [2.45, 2.75) is 37.9 Å². The second-order valence-corrected chi connectivity index (χ2v) is 4.67. The first-order valence-electron chi connectivity index (χ1n) is 6.21. The molecule has 17 heavy (non-hydrogen) atoms. The van der Waals surface area contributed by atoms with Crippen LogP contribution in [-0.2, 0) is 5.33 Å². The van der Waals surface area contributed by atoms with Gasteiger partial charge in [-0.3, -0.25) is 4.79 Å². The van der Waals surface area contributed by atoms with Crippen molar-refractivity contribution in [1.82, 2.24) is 5.32 Å². The summed E-state index contributed by atoms with van der Waals surface area (Å²) in [5.41, 5.74) is 1.82. The number of amides is 1. The van der Waals surface area contributed by atoms with Crippen LogP contribution in [0.4, 0.5) is 0 Å². The molecule has 0 bridgehead atoms. The lowest BCUT2D eigenvalue weighted by molar-refractivity contribution is 0.0952. The molecule has 0 aliphatic heterocycles. The van der Waals surface area contributed by atoms with Gasteiger partial charge < -0.3 is 5.32 Å². The zero-order valence-corrected chi connectivity index (χ0v) is 11.9. The molecule has 1 N–H and O–H groups in total. The molecule has 0 fully saturated rings. The van der Waals surface area contributed by atoms with E-state index in [9.17, 15) is 4.79 Å². The molecule has 0 heterocycles. The van der Waals surface area contributed by atoms with Crippen LogP contribution in [0.5, 0.6) is 0 Å². The normalized spacial score (nSPS) is 10.2. The largest absolute Gasteiger partial charge is 0.352 e. The molecule has 0 aromatic heterocycles. The van der Waals surface area contributed by atoms with Crippen molar-refractivity contribution in [2.75, 3.05) is 6.54 Å². The Balaban J connectivity index is 2.41. The van der Waals surface area contributed by atoms with Crippen LogP contribution in [0.2, 0.25) is 0 Å². The standard InChI is InChI=1S/C14H20BrNO/c1-2-3-4-7-10-16-14(17)13-9-6-5-8-12(13)11-15/h5-6,8-9H,2-4,7,10-11H2,1H3,(H,16,17). The van der Waals surface area contributed by atoms with Crippen LogP contribution in [0.1, 0.15) is 48.5 Å². The molecule has 0 aliphatic carbocycles. The molecule has 2 nitrogen and oxygen atoms in total. The van der Waals surface area contributed by atoms with E-state index >= 15 is 0 Å². The number of benzene rings is 1. The Labute approximate surface area is 112 Å². The predicted molar refractivity (Wildman–Crippen MR) is 75.5 cm³/mol. The highest BCUT2D eigenvalue weighted by Gasteiger charge is 2.08. The van der Waals surface area contributed by atoms with Crippen LogP contribution in [0.3, 0.4) is 0 Å². The number of carbonyl (C=O) groups excluding carboxylic acids is 1. The van der Waals surface area contributed by atoms with E-state index in [0.717, 1.165) is 24.1 Å². The Kier molecular flexibility index (Phi) is 6.94. The Morgan fingerprint density at radius 2 is 2.00 bits per heavy atom. The van der Waals surface area contributed by atoms with Crippen LogP contribution >= 0.6 is 15.9 Å². The fraction of sp³-hybridized carbons (Fsp3) is 0.500. The maximum Gasteiger partial charge on any atom is 0.251 e. The highest BCUT2D eigenvalue weighted by Crippen LogP contribution is 2.12. The molecule has 1 aromatic carbocycles. The lowest BCUT2D eigenvalue weighted by Gasteiger charge is -2.08. The van der Waals surface area contributed by atoms with Gasteiger partial charge in [-0.1, -0.05) is 60.3 Å². The molecule has 0 spiro atoms. The van der Waals surface area contributed by atoms with E-state index in [1.807, 2.05) is 24.3 Å². The van der Waals surface area contributed by atoms with E-state index < -0.39 is 0 Å². The monoisotopic (exact) mass is 297 g/mol. The van der Waals surface area contributed by atoms with Crippen molar-refractivity contribution < 1.29 is 4.79 Å². The molecule has 3 heteroatoms. The molecule has 0 aliphatic rings. The summed E-state index contributed by atoms with van der Waals surface area (Å²) in [6, 6.07) is 7.70. The minimum Gasteiger partial charge on any atom is -0.352 e. The van der Waals surface area contributed by atoms with Gasteiger partial charge in [0.1, 0.15) is 0 Å². The summed E-state index contributed by atoms with van der Waals surface area (Å²) in [7, 11) is 0. The fourth-order valence-electron chi connectivity index (χ4n) is 1.71. The number of hydrogen-bond acceptors (Lipinski definition) is 1. The topological polar surface area (TPSA) is 29.1 Å². The molecular formula is C14H20BrNO. The third-order valence-electron chi connectivity index (χ3n) is 2.72. The van der Waals surface area contributed by atoms with Gasteiger partial charge in [-0.15, -0.1) is 0 Å². The van der Waals surface area contributed by atoms with Gasteiger partial charge in [-0.25, -0.2) is 0 Å². The SMILES string of the molecule is CCCCCCNC(=O)c1ccccc1CBr. The quantitative estimate of drug-likeness (QED) is 0.600. The van der Waals surface area contributed by atoms with E-state index in [1.165, 1.54) is 19.3 Å². The number of alkyl halides is 1. The van der Waals surface area contributed by atoms with Gasteiger partial charge in [-0.2, -0.15) is 0 Å². The van der Waals surface area contributed by atoms with Crippen molar-refractivity contribution in [2.24, 2.45) is 0 Å².